The number of nitrogen functional groups attached to an aromatic ring is 1. The lowest BCUT2D eigenvalue weighted by atomic mass is 9.98. The number of carbonyl (C=O) groups is 1. The number of ether oxygens (including phenoxy) is 1. The van der Waals surface area contributed by atoms with E-state index in [-0.39, 0.29) is 37.0 Å². The predicted molar refractivity (Wildman–Crippen MR) is 115 cm³/mol. The molecule has 31 heavy (non-hydrogen) atoms. The SMILES string of the molecule is Nc1cnc(C(O)C(O)CCNC(=O)OCC2c3ccccc3-c3ccccc32)cn1. The molecule has 1 amide bonds. The molecule has 0 spiro atoms. The minimum absolute atomic E-state index is 0.0188. The number of aliphatic hydroxyl groups excluding tert-OH is 2. The van der Waals surface area contributed by atoms with Gasteiger partial charge in [-0.3, -0.25) is 4.98 Å². The summed E-state index contributed by atoms with van der Waals surface area (Å²) in [5, 5.41) is 22.9. The molecule has 0 bridgehead atoms. The third-order valence-corrected chi connectivity index (χ3v) is 5.41. The molecule has 1 aliphatic carbocycles. The van der Waals surface area contributed by atoms with Crippen LogP contribution in [0.1, 0.15) is 35.3 Å². The summed E-state index contributed by atoms with van der Waals surface area (Å²) in [4.78, 5) is 20.0. The Labute approximate surface area is 179 Å². The minimum atomic E-state index is -1.22. The molecule has 1 aliphatic rings. The van der Waals surface area contributed by atoms with Crippen LogP contribution in [0, 0.1) is 0 Å². The van der Waals surface area contributed by atoms with Crippen molar-refractivity contribution in [3.8, 4) is 11.1 Å². The normalized spacial score (nSPS) is 14.4. The lowest BCUT2D eigenvalue weighted by Crippen LogP contribution is -2.31. The van der Waals surface area contributed by atoms with Crippen molar-refractivity contribution in [2.24, 2.45) is 0 Å². The molecule has 0 saturated carbocycles. The van der Waals surface area contributed by atoms with Gasteiger partial charge >= 0.3 is 6.09 Å². The number of nitrogens with two attached hydrogens (primary N) is 1. The second-order valence-electron chi connectivity index (χ2n) is 7.42. The molecule has 1 aromatic heterocycles. The van der Waals surface area contributed by atoms with Gasteiger partial charge in [0.05, 0.1) is 24.2 Å². The smallest absolute Gasteiger partial charge is 0.407 e. The first-order valence-electron chi connectivity index (χ1n) is 10.1. The Hall–Kier alpha value is -3.49. The molecule has 0 aliphatic heterocycles. The summed E-state index contributed by atoms with van der Waals surface area (Å²) in [5.41, 5.74) is 10.3. The number of rotatable bonds is 7. The number of aromatic nitrogens is 2. The van der Waals surface area contributed by atoms with Gasteiger partial charge in [-0.25, -0.2) is 9.78 Å². The van der Waals surface area contributed by atoms with E-state index >= 15 is 0 Å². The van der Waals surface area contributed by atoms with Crippen molar-refractivity contribution in [2.75, 3.05) is 18.9 Å². The number of alkyl carbamates (subject to hydrolysis) is 1. The lowest BCUT2D eigenvalue weighted by Gasteiger charge is -2.18. The fourth-order valence-electron chi connectivity index (χ4n) is 3.83. The van der Waals surface area contributed by atoms with Crippen LogP contribution >= 0.6 is 0 Å². The van der Waals surface area contributed by atoms with Crippen molar-refractivity contribution in [3.63, 3.8) is 0 Å². The molecule has 160 valence electrons. The van der Waals surface area contributed by atoms with Crippen molar-refractivity contribution >= 4 is 11.9 Å². The van der Waals surface area contributed by atoms with Crippen molar-refractivity contribution in [1.29, 1.82) is 0 Å². The molecule has 5 N–H and O–H groups in total. The first-order valence-corrected chi connectivity index (χ1v) is 10.1. The number of fused-ring (bicyclic) bond motifs is 3. The fourth-order valence-corrected chi connectivity index (χ4v) is 3.83. The summed E-state index contributed by atoms with van der Waals surface area (Å²) >= 11 is 0. The topological polar surface area (TPSA) is 131 Å². The van der Waals surface area contributed by atoms with Gasteiger partial charge in [0.15, 0.2) is 0 Å². The number of anilines is 1. The van der Waals surface area contributed by atoms with Gasteiger partial charge in [-0.1, -0.05) is 48.5 Å². The number of hydrogen-bond donors (Lipinski definition) is 4. The Morgan fingerprint density at radius 2 is 1.68 bits per heavy atom. The Kier molecular flexibility index (Phi) is 6.11. The number of benzene rings is 2. The van der Waals surface area contributed by atoms with Crippen LogP contribution in [0.3, 0.4) is 0 Å². The number of hydrogen-bond acceptors (Lipinski definition) is 7. The maximum atomic E-state index is 12.2. The average Bonchev–Trinajstić information content (AvgIpc) is 3.11. The monoisotopic (exact) mass is 420 g/mol. The molecule has 2 aromatic carbocycles. The minimum Gasteiger partial charge on any atom is -0.449 e. The standard InChI is InChI=1S/C23H24N4O4/c24-21-12-26-19(11-27-21)22(29)20(28)9-10-25-23(30)31-13-18-16-7-3-1-5-14(16)15-6-2-4-8-17(15)18/h1-8,11-12,18,20,22,28-29H,9-10,13H2,(H2,24,27)(H,25,30). The predicted octanol–water partition coefficient (Wildman–Crippen LogP) is 2.38. The van der Waals surface area contributed by atoms with Crippen molar-refractivity contribution in [1.82, 2.24) is 15.3 Å². The molecule has 1 heterocycles. The first kappa shape index (κ1) is 20.8. The Bertz CT molecular complexity index is 1010. The average molecular weight is 420 g/mol. The van der Waals surface area contributed by atoms with Gasteiger partial charge in [-0.2, -0.15) is 0 Å². The molecule has 0 radical (unpaired) electrons. The van der Waals surface area contributed by atoms with Crippen LogP contribution in [-0.2, 0) is 4.74 Å². The van der Waals surface area contributed by atoms with Gasteiger partial charge < -0.3 is 26.0 Å². The quantitative estimate of drug-likeness (QED) is 0.462. The van der Waals surface area contributed by atoms with Crippen molar-refractivity contribution < 1.29 is 19.7 Å². The highest BCUT2D eigenvalue weighted by molar-refractivity contribution is 5.79. The maximum absolute atomic E-state index is 12.2. The van der Waals surface area contributed by atoms with Gasteiger partial charge in [-0.15, -0.1) is 0 Å². The summed E-state index contributed by atoms with van der Waals surface area (Å²) in [7, 11) is 0. The van der Waals surface area contributed by atoms with E-state index in [1.807, 2.05) is 24.3 Å². The molecular weight excluding hydrogens is 396 g/mol. The van der Waals surface area contributed by atoms with Crippen LogP contribution in [0.2, 0.25) is 0 Å². The zero-order valence-corrected chi connectivity index (χ0v) is 16.8. The Morgan fingerprint density at radius 3 is 2.29 bits per heavy atom. The summed E-state index contributed by atoms with van der Waals surface area (Å²) < 4.78 is 5.45. The first-order chi connectivity index (χ1) is 15.0. The number of nitrogens with zero attached hydrogens (tertiary/aromatic N) is 2. The Morgan fingerprint density at radius 1 is 1.03 bits per heavy atom. The number of amides is 1. The van der Waals surface area contributed by atoms with E-state index in [4.69, 9.17) is 10.5 Å². The lowest BCUT2D eigenvalue weighted by molar-refractivity contribution is 0.0110. The number of aliphatic hydroxyl groups is 2. The summed E-state index contributed by atoms with van der Waals surface area (Å²) in [6.07, 6.45) is -0.181. The third-order valence-electron chi connectivity index (χ3n) is 5.41. The van der Waals surface area contributed by atoms with Crippen molar-refractivity contribution in [2.45, 2.75) is 24.5 Å². The zero-order chi connectivity index (χ0) is 21.8. The summed E-state index contributed by atoms with van der Waals surface area (Å²) in [5.74, 6) is 0.206. The van der Waals surface area contributed by atoms with Gasteiger partial charge in [0.2, 0.25) is 0 Å². The highest BCUT2D eigenvalue weighted by Crippen LogP contribution is 2.44. The van der Waals surface area contributed by atoms with E-state index in [0.717, 1.165) is 22.3 Å². The van der Waals surface area contributed by atoms with Gasteiger partial charge in [-0.05, 0) is 28.7 Å². The third kappa shape index (κ3) is 4.50. The number of nitrogens with one attached hydrogen (secondary N) is 1. The van der Waals surface area contributed by atoms with E-state index in [0.29, 0.717) is 0 Å². The van der Waals surface area contributed by atoms with Gasteiger partial charge in [0.1, 0.15) is 18.5 Å². The molecule has 0 saturated heterocycles. The second kappa shape index (κ2) is 9.11. The maximum Gasteiger partial charge on any atom is 0.407 e. The Balaban J connectivity index is 1.28. The number of carbonyl (C=O) groups excluding carboxylic acids is 1. The largest absolute Gasteiger partial charge is 0.449 e. The molecule has 2 unspecified atom stereocenters. The highest BCUT2D eigenvalue weighted by atomic mass is 16.5. The van der Waals surface area contributed by atoms with Crippen LogP contribution in [0.15, 0.2) is 60.9 Å². The molecule has 2 atom stereocenters. The molecule has 3 aromatic rings. The molecule has 0 fully saturated rings. The summed E-state index contributed by atoms with van der Waals surface area (Å²) in [6.45, 7) is 0.351. The molecule has 8 heteroatoms. The molecular formula is C23H24N4O4. The highest BCUT2D eigenvalue weighted by Gasteiger charge is 2.29. The van der Waals surface area contributed by atoms with Crippen LogP contribution in [-0.4, -0.2) is 45.5 Å². The van der Waals surface area contributed by atoms with Gasteiger partial charge in [0, 0.05) is 12.5 Å². The van der Waals surface area contributed by atoms with E-state index in [1.165, 1.54) is 12.4 Å². The van der Waals surface area contributed by atoms with E-state index < -0.39 is 18.3 Å². The van der Waals surface area contributed by atoms with Crippen LogP contribution in [0.5, 0.6) is 0 Å². The van der Waals surface area contributed by atoms with Crippen LogP contribution in [0.4, 0.5) is 10.6 Å². The molecule has 4 rings (SSSR count). The van der Waals surface area contributed by atoms with E-state index in [2.05, 4.69) is 39.6 Å². The van der Waals surface area contributed by atoms with Crippen LogP contribution in [0.25, 0.3) is 11.1 Å². The van der Waals surface area contributed by atoms with Crippen LogP contribution < -0.4 is 11.1 Å². The molecule has 8 nitrogen and oxygen atoms in total. The second-order valence-corrected chi connectivity index (χ2v) is 7.42. The van der Waals surface area contributed by atoms with E-state index in [9.17, 15) is 15.0 Å². The summed E-state index contributed by atoms with van der Waals surface area (Å²) in [6, 6.07) is 16.2. The zero-order valence-electron chi connectivity index (χ0n) is 16.8. The van der Waals surface area contributed by atoms with E-state index in [1.54, 1.807) is 0 Å². The van der Waals surface area contributed by atoms with Crippen molar-refractivity contribution in [3.05, 3.63) is 77.7 Å². The fraction of sp³-hybridized carbons (Fsp3) is 0.261. The van der Waals surface area contributed by atoms with Gasteiger partial charge in [0.25, 0.3) is 0 Å².